The molecule has 5 nitrogen and oxygen atoms in total. The van der Waals surface area contributed by atoms with Crippen LogP contribution in [-0.2, 0) is 10.0 Å². The lowest BCUT2D eigenvalue weighted by atomic mass is 10.5. The maximum absolute atomic E-state index is 11.7. The molecule has 1 N–H and O–H groups in total. The van der Waals surface area contributed by atoms with E-state index in [1.165, 1.54) is 38.1 Å². The van der Waals surface area contributed by atoms with Gasteiger partial charge < -0.3 is 5.11 Å². The Kier molecular flexibility index (Phi) is 4.72. The molecule has 0 saturated carbocycles. The summed E-state index contributed by atoms with van der Waals surface area (Å²) in [7, 11) is -0.450. The smallest absolute Gasteiger partial charge is 0.244 e. The summed E-state index contributed by atoms with van der Waals surface area (Å²) in [6.07, 6.45) is 1.33. The Morgan fingerprint density at radius 2 is 2.12 bits per heavy atom. The van der Waals surface area contributed by atoms with Crippen molar-refractivity contribution in [2.75, 3.05) is 26.5 Å². The second-order valence-corrected chi connectivity index (χ2v) is 6.46. The van der Waals surface area contributed by atoms with Crippen LogP contribution in [0.2, 0.25) is 0 Å². The third-order valence-electron chi connectivity index (χ3n) is 1.83. The summed E-state index contributed by atoms with van der Waals surface area (Å²) in [6.45, 7) is 0.0735. The minimum atomic E-state index is -3.40. The molecule has 0 spiro atoms. The van der Waals surface area contributed by atoms with E-state index in [2.05, 4.69) is 4.98 Å². The Bertz CT molecular complexity index is 429. The molecule has 1 aromatic heterocycles. The molecule has 90 valence electrons. The predicted molar refractivity (Wildman–Crippen MR) is 62.9 cm³/mol. The average Bonchev–Trinajstić information content (AvgIpc) is 2.26. The quantitative estimate of drug-likeness (QED) is 0.779. The highest BCUT2D eigenvalue weighted by Crippen LogP contribution is 2.17. The van der Waals surface area contributed by atoms with Crippen molar-refractivity contribution in [2.24, 2.45) is 0 Å². The normalized spacial score (nSPS) is 12.0. The van der Waals surface area contributed by atoms with Crippen LogP contribution >= 0.6 is 11.8 Å². The van der Waals surface area contributed by atoms with Crippen LogP contribution < -0.4 is 0 Å². The van der Waals surface area contributed by atoms with E-state index < -0.39 is 10.0 Å². The summed E-state index contributed by atoms with van der Waals surface area (Å²) in [5.41, 5.74) is 0. The maximum atomic E-state index is 11.7. The summed E-state index contributed by atoms with van der Waals surface area (Å²) in [6, 6.07) is 3.15. The van der Waals surface area contributed by atoms with Crippen molar-refractivity contribution in [3.05, 3.63) is 18.3 Å². The van der Waals surface area contributed by atoms with Crippen molar-refractivity contribution in [3.63, 3.8) is 0 Å². The molecule has 0 amide bonds. The molecular weight excluding hydrogens is 248 g/mol. The van der Waals surface area contributed by atoms with Gasteiger partial charge in [-0.25, -0.2) is 17.7 Å². The fourth-order valence-electron chi connectivity index (χ4n) is 0.966. The molecular formula is C9H14N2O3S2. The largest absolute Gasteiger partial charge is 0.396 e. The van der Waals surface area contributed by atoms with Gasteiger partial charge >= 0.3 is 0 Å². The van der Waals surface area contributed by atoms with Crippen LogP contribution in [0.5, 0.6) is 0 Å². The maximum Gasteiger partial charge on any atom is 0.244 e. The zero-order valence-corrected chi connectivity index (χ0v) is 10.8. The summed E-state index contributed by atoms with van der Waals surface area (Å²) in [5.74, 6) is 0.548. The van der Waals surface area contributed by atoms with E-state index in [9.17, 15) is 8.42 Å². The number of pyridine rings is 1. The Labute approximate surface area is 99.5 Å². The van der Waals surface area contributed by atoms with Crippen molar-refractivity contribution < 1.29 is 13.5 Å². The molecule has 0 unspecified atom stereocenters. The number of rotatable bonds is 5. The number of aliphatic hydroxyl groups excluding tert-OH is 1. The van der Waals surface area contributed by atoms with E-state index in [0.29, 0.717) is 10.8 Å². The third-order valence-corrected chi connectivity index (χ3v) is 4.55. The summed E-state index contributed by atoms with van der Waals surface area (Å²) >= 11 is 1.38. The summed E-state index contributed by atoms with van der Waals surface area (Å²) in [5, 5.41) is 9.33. The lowest BCUT2D eigenvalue weighted by Gasteiger charge is -2.10. The first-order chi connectivity index (χ1) is 7.48. The molecule has 0 bridgehead atoms. The lowest BCUT2D eigenvalue weighted by Crippen LogP contribution is -2.22. The van der Waals surface area contributed by atoms with Crippen molar-refractivity contribution in [1.82, 2.24) is 9.29 Å². The predicted octanol–water partition coefficient (Wildman–Crippen LogP) is 0.416. The molecule has 0 aliphatic rings. The van der Waals surface area contributed by atoms with Crippen molar-refractivity contribution in [1.29, 1.82) is 0 Å². The summed E-state index contributed by atoms with van der Waals surface area (Å²) < 4.78 is 24.5. The van der Waals surface area contributed by atoms with Gasteiger partial charge in [0.2, 0.25) is 10.0 Å². The number of hydrogen-bond donors (Lipinski definition) is 1. The van der Waals surface area contributed by atoms with E-state index in [4.69, 9.17) is 5.11 Å². The number of thioether (sulfide) groups is 1. The molecule has 7 heteroatoms. The highest BCUT2D eigenvalue weighted by molar-refractivity contribution is 7.99. The van der Waals surface area contributed by atoms with Gasteiger partial charge in [0.25, 0.3) is 0 Å². The number of hydrogen-bond acceptors (Lipinski definition) is 5. The van der Waals surface area contributed by atoms with Gasteiger partial charge in [0.05, 0.1) is 11.6 Å². The second-order valence-electron chi connectivity index (χ2n) is 3.19. The van der Waals surface area contributed by atoms with E-state index >= 15 is 0 Å². The van der Waals surface area contributed by atoms with Crippen molar-refractivity contribution in [3.8, 4) is 0 Å². The minimum Gasteiger partial charge on any atom is -0.396 e. The Hall–Kier alpha value is -0.630. The topological polar surface area (TPSA) is 70.5 Å². The number of sulfonamides is 1. The zero-order chi connectivity index (χ0) is 12.2. The first-order valence-corrected chi connectivity index (χ1v) is 7.03. The summed E-state index contributed by atoms with van der Waals surface area (Å²) in [4.78, 5) is 4.18. The molecule has 0 atom stereocenters. The molecule has 0 aliphatic carbocycles. The minimum absolute atomic E-state index is 0.0735. The van der Waals surface area contributed by atoms with Crippen LogP contribution in [0.4, 0.5) is 0 Å². The van der Waals surface area contributed by atoms with Gasteiger partial charge in [-0.3, -0.25) is 0 Å². The van der Waals surface area contributed by atoms with E-state index in [0.717, 1.165) is 4.31 Å². The van der Waals surface area contributed by atoms with Crippen LogP contribution in [0.3, 0.4) is 0 Å². The highest BCUT2D eigenvalue weighted by Gasteiger charge is 2.17. The van der Waals surface area contributed by atoms with Crippen LogP contribution in [0.15, 0.2) is 28.3 Å². The van der Waals surface area contributed by atoms with Crippen LogP contribution in [0, 0.1) is 0 Å². The van der Waals surface area contributed by atoms with E-state index in [-0.39, 0.29) is 11.5 Å². The number of aromatic nitrogens is 1. The molecule has 0 radical (unpaired) electrons. The van der Waals surface area contributed by atoms with Gasteiger partial charge in [0.1, 0.15) is 4.90 Å². The highest BCUT2D eigenvalue weighted by atomic mass is 32.2. The molecule has 0 fully saturated rings. The first-order valence-electron chi connectivity index (χ1n) is 4.60. The molecule has 0 aromatic carbocycles. The third kappa shape index (κ3) is 3.18. The monoisotopic (exact) mass is 262 g/mol. The van der Waals surface area contributed by atoms with Gasteiger partial charge in [-0.2, -0.15) is 0 Å². The van der Waals surface area contributed by atoms with Gasteiger partial charge in [-0.1, -0.05) is 0 Å². The Balaban J connectivity index is 2.87. The fraction of sp³-hybridized carbons (Fsp3) is 0.444. The standard InChI is InChI=1S/C9H14N2O3S2/c1-11(2)16(13,14)8-3-4-9(10-7-8)15-6-5-12/h3-4,7,12H,5-6H2,1-2H3. The van der Waals surface area contributed by atoms with Crippen LogP contribution in [0.25, 0.3) is 0 Å². The average molecular weight is 262 g/mol. The Morgan fingerprint density at radius 3 is 2.56 bits per heavy atom. The number of aliphatic hydroxyl groups is 1. The van der Waals surface area contributed by atoms with E-state index in [1.807, 2.05) is 0 Å². The Morgan fingerprint density at radius 1 is 1.44 bits per heavy atom. The molecule has 1 heterocycles. The molecule has 0 aliphatic heterocycles. The SMILES string of the molecule is CN(C)S(=O)(=O)c1ccc(SCCO)nc1. The van der Waals surface area contributed by atoms with Gasteiger partial charge in [0, 0.05) is 26.0 Å². The van der Waals surface area contributed by atoms with Gasteiger partial charge in [-0.05, 0) is 12.1 Å². The van der Waals surface area contributed by atoms with Crippen molar-refractivity contribution >= 4 is 21.8 Å². The second kappa shape index (κ2) is 5.62. The van der Waals surface area contributed by atoms with Crippen LogP contribution in [0.1, 0.15) is 0 Å². The van der Waals surface area contributed by atoms with Crippen molar-refractivity contribution in [2.45, 2.75) is 9.92 Å². The molecule has 0 saturated heterocycles. The first kappa shape index (κ1) is 13.4. The lowest BCUT2D eigenvalue weighted by molar-refractivity contribution is 0.322. The fourth-order valence-corrected chi connectivity index (χ4v) is 2.41. The van der Waals surface area contributed by atoms with Gasteiger partial charge in [0.15, 0.2) is 0 Å². The molecule has 16 heavy (non-hydrogen) atoms. The molecule has 1 aromatic rings. The molecule has 1 rings (SSSR count). The number of nitrogens with zero attached hydrogens (tertiary/aromatic N) is 2. The van der Waals surface area contributed by atoms with E-state index in [1.54, 1.807) is 6.07 Å². The van der Waals surface area contributed by atoms with Gasteiger partial charge in [-0.15, -0.1) is 11.8 Å². The van der Waals surface area contributed by atoms with Crippen LogP contribution in [-0.4, -0.2) is 49.3 Å². The zero-order valence-electron chi connectivity index (χ0n) is 9.12.